The van der Waals surface area contributed by atoms with Crippen molar-refractivity contribution in [2.45, 2.75) is 0 Å². The number of hydrogen-bond donors (Lipinski definition) is 2. The monoisotopic (exact) mass is 236 g/mol. The van der Waals surface area contributed by atoms with E-state index in [1.807, 2.05) is 24.3 Å². The second-order valence-corrected chi connectivity index (χ2v) is 3.50. The van der Waals surface area contributed by atoms with Crippen LogP contribution in [0, 0.1) is 22.7 Å². The Kier molecular flexibility index (Phi) is 3.08. The molecule has 0 aliphatic carbocycles. The second-order valence-electron chi connectivity index (χ2n) is 3.50. The Morgan fingerprint density at radius 1 is 1.11 bits per heavy atom. The van der Waals surface area contributed by atoms with Crippen LogP contribution in [-0.4, -0.2) is 4.98 Å². The van der Waals surface area contributed by atoms with Crippen LogP contribution in [0.4, 0.5) is 11.4 Å². The molecule has 0 unspecified atom stereocenters. The van der Waals surface area contributed by atoms with Gasteiger partial charge >= 0.3 is 0 Å². The SMILES string of the molecule is N#Cc1c[nH]c(=O)c(C#N)c1Nc1ccccc1. The number of rotatable bonds is 2. The van der Waals surface area contributed by atoms with Gasteiger partial charge in [0.15, 0.2) is 0 Å². The summed E-state index contributed by atoms with van der Waals surface area (Å²) in [4.78, 5) is 13.9. The minimum Gasteiger partial charge on any atom is -0.353 e. The molecule has 1 aromatic carbocycles. The van der Waals surface area contributed by atoms with E-state index in [9.17, 15) is 4.79 Å². The van der Waals surface area contributed by atoms with Gasteiger partial charge in [-0.1, -0.05) is 18.2 Å². The summed E-state index contributed by atoms with van der Waals surface area (Å²) in [6.45, 7) is 0. The van der Waals surface area contributed by atoms with Crippen LogP contribution in [0.2, 0.25) is 0 Å². The first-order valence-corrected chi connectivity index (χ1v) is 5.14. The van der Waals surface area contributed by atoms with Crippen molar-refractivity contribution in [1.82, 2.24) is 4.98 Å². The molecule has 0 radical (unpaired) electrons. The third kappa shape index (κ3) is 2.06. The molecular weight excluding hydrogens is 228 g/mol. The lowest BCUT2D eigenvalue weighted by Gasteiger charge is -2.08. The molecule has 2 N–H and O–H groups in total. The minimum atomic E-state index is -0.519. The summed E-state index contributed by atoms with van der Waals surface area (Å²) in [6.07, 6.45) is 1.29. The van der Waals surface area contributed by atoms with E-state index in [1.165, 1.54) is 6.20 Å². The van der Waals surface area contributed by atoms with Crippen molar-refractivity contribution in [2.75, 3.05) is 5.32 Å². The minimum absolute atomic E-state index is 0.0992. The average Bonchev–Trinajstić information content (AvgIpc) is 2.40. The van der Waals surface area contributed by atoms with Gasteiger partial charge in [-0.3, -0.25) is 4.79 Å². The first-order valence-electron chi connectivity index (χ1n) is 5.14. The van der Waals surface area contributed by atoms with Crippen LogP contribution < -0.4 is 10.9 Å². The van der Waals surface area contributed by atoms with E-state index in [4.69, 9.17) is 10.5 Å². The number of nitrogens with one attached hydrogen (secondary N) is 2. The highest BCUT2D eigenvalue weighted by Gasteiger charge is 2.12. The average molecular weight is 236 g/mol. The number of nitriles is 2. The summed E-state index contributed by atoms with van der Waals surface area (Å²) in [5.41, 5.74) is 0.536. The van der Waals surface area contributed by atoms with Gasteiger partial charge in [-0.2, -0.15) is 10.5 Å². The van der Waals surface area contributed by atoms with Gasteiger partial charge in [0.25, 0.3) is 5.56 Å². The van der Waals surface area contributed by atoms with Gasteiger partial charge in [-0.05, 0) is 12.1 Å². The molecule has 0 amide bonds. The maximum Gasteiger partial charge on any atom is 0.268 e. The lowest BCUT2D eigenvalue weighted by atomic mass is 10.1. The molecule has 1 heterocycles. The van der Waals surface area contributed by atoms with Crippen LogP contribution in [0.15, 0.2) is 41.3 Å². The quantitative estimate of drug-likeness (QED) is 0.832. The molecule has 0 saturated carbocycles. The number of para-hydroxylation sites is 1. The zero-order valence-electron chi connectivity index (χ0n) is 9.27. The van der Waals surface area contributed by atoms with Gasteiger partial charge in [0.05, 0.1) is 11.3 Å². The van der Waals surface area contributed by atoms with Crippen molar-refractivity contribution < 1.29 is 0 Å². The van der Waals surface area contributed by atoms with Gasteiger partial charge < -0.3 is 10.3 Å². The van der Waals surface area contributed by atoms with Gasteiger partial charge in [0, 0.05) is 11.9 Å². The molecule has 18 heavy (non-hydrogen) atoms. The van der Waals surface area contributed by atoms with Crippen molar-refractivity contribution in [3.63, 3.8) is 0 Å². The number of H-pyrrole nitrogens is 1. The summed E-state index contributed by atoms with van der Waals surface area (Å²) in [5.74, 6) is 0. The fourth-order valence-electron chi connectivity index (χ4n) is 1.52. The number of benzene rings is 1. The van der Waals surface area contributed by atoms with Crippen LogP contribution in [0.3, 0.4) is 0 Å². The summed E-state index contributed by atoms with van der Waals surface area (Å²) < 4.78 is 0. The third-order valence-electron chi connectivity index (χ3n) is 2.37. The topological polar surface area (TPSA) is 92.5 Å². The molecule has 0 aliphatic rings. The molecule has 0 aliphatic heterocycles. The van der Waals surface area contributed by atoms with Crippen LogP contribution in [0.5, 0.6) is 0 Å². The van der Waals surface area contributed by atoms with Gasteiger partial charge in [-0.15, -0.1) is 0 Å². The van der Waals surface area contributed by atoms with Gasteiger partial charge in [0.2, 0.25) is 0 Å². The van der Waals surface area contributed by atoms with Crippen LogP contribution in [0.25, 0.3) is 0 Å². The summed E-state index contributed by atoms with van der Waals surface area (Å²) >= 11 is 0. The third-order valence-corrected chi connectivity index (χ3v) is 2.37. The Hall–Kier alpha value is -3.05. The molecule has 5 heteroatoms. The molecule has 5 nitrogen and oxygen atoms in total. The maximum atomic E-state index is 11.5. The number of nitrogens with zero attached hydrogens (tertiary/aromatic N) is 2. The number of aromatic nitrogens is 1. The highest BCUT2D eigenvalue weighted by atomic mass is 16.1. The van der Waals surface area contributed by atoms with E-state index in [1.54, 1.807) is 18.2 Å². The standard InChI is InChI=1S/C13H8N4O/c14-6-9-8-16-13(18)11(7-15)12(9)17-10-4-2-1-3-5-10/h1-5,8H,(H2,16,17,18). The molecule has 0 fully saturated rings. The Labute approximate surface area is 103 Å². The molecular formula is C13H8N4O. The summed E-state index contributed by atoms with van der Waals surface area (Å²) in [7, 11) is 0. The Balaban J connectivity index is 2.57. The van der Waals surface area contributed by atoms with Crippen molar-refractivity contribution in [3.8, 4) is 12.1 Å². The Bertz CT molecular complexity index is 704. The number of anilines is 2. The highest BCUT2D eigenvalue weighted by molar-refractivity contribution is 5.71. The Morgan fingerprint density at radius 2 is 1.83 bits per heavy atom. The Morgan fingerprint density at radius 3 is 2.44 bits per heavy atom. The van der Waals surface area contributed by atoms with Gasteiger partial charge in [-0.25, -0.2) is 0 Å². The number of hydrogen-bond acceptors (Lipinski definition) is 4. The van der Waals surface area contributed by atoms with E-state index >= 15 is 0 Å². The molecule has 2 aromatic rings. The molecule has 1 aromatic heterocycles. The molecule has 2 rings (SSSR count). The van der Waals surface area contributed by atoms with E-state index in [0.717, 1.165) is 0 Å². The van der Waals surface area contributed by atoms with Crippen LogP contribution in [-0.2, 0) is 0 Å². The fraction of sp³-hybridized carbons (Fsp3) is 0. The first-order chi connectivity index (χ1) is 8.76. The van der Waals surface area contributed by atoms with Crippen molar-refractivity contribution in [1.29, 1.82) is 10.5 Å². The zero-order chi connectivity index (χ0) is 13.0. The number of aromatic amines is 1. The normalized spacial score (nSPS) is 9.22. The summed E-state index contributed by atoms with van der Waals surface area (Å²) in [6, 6.07) is 12.8. The van der Waals surface area contributed by atoms with E-state index in [-0.39, 0.29) is 16.8 Å². The lowest BCUT2D eigenvalue weighted by Crippen LogP contribution is -2.13. The van der Waals surface area contributed by atoms with E-state index < -0.39 is 5.56 Å². The van der Waals surface area contributed by atoms with Gasteiger partial charge in [0.1, 0.15) is 17.7 Å². The second kappa shape index (κ2) is 4.86. The van der Waals surface area contributed by atoms with Crippen LogP contribution >= 0.6 is 0 Å². The molecule has 0 atom stereocenters. The molecule has 0 spiro atoms. The molecule has 0 saturated heterocycles. The predicted octanol–water partition coefficient (Wildman–Crippen LogP) is 1.86. The lowest BCUT2D eigenvalue weighted by molar-refractivity contribution is 1.20. The largest absolute Gasteiger partial charge is 0.353 e. The van der Waals surface area contributed by atoms with Crippen molar-refractivity contribution in [3.05, 3.63) is 58.0 Å². The molecule has 0 bridgehead atoms. The van der Waals surface area contributed by atoms with Crippen molar-refractivity contribution >= 4 is 11.4 Å². The predicted molar refractivity (Wildman–Crippen MR) is 66.2 cm³/mol. The van der Waals surface area contributed by atoms with Crippen LogP contribution in [0.1, 0.15) is 11.1 Å². The van der Waals surface area contributed by atoms with E-state index in [2.05, 4.69) is 10.3 Å². The highest BCUT2D eigenvalue weighted by Crippen LogP contribution is 2.21. The fourth-order valence-corrected chi connectivity index (χ4v) is 1.52. The van der Waals surface area contributed by atoms with E-state index in [0.29, 0.717) is 5.69 Å². The first kappa shape index (κ1) is 11.4. The smallest absolute Gasteiger partial charge is 0.268 e. The maximum absolute atomic E-state index is 11.5. The number of pyridine rings is 1. The summed E-state index contributed by atoms with van der Waals surface area (Å²) in [5, 5.41) is 20.9. The van der Waals surface area contributed by atoms with Crippen molar-refractivity contribution in [2.24, 2.45) is 0 Å². The molecule has 86 valence electrons. The zero-order valence-corrected chi connectivity index (χ0v) is 9.27.